The second kappa shape index (κ2) is 6.70. The molecule has 0 saturated carbocycles. The summed E-state index contributed by atoms with van der Waals surface area (Å²) in [7, 11) is 1.50. The van der Waals surface area contributed by atoms with Crippen molar-refractivity contribution in [2.75, 3.05) is 7.11 Å². The Morgan fingerprint density at radius 2 is 1.96 bits per heavy atom. The molecule has 0 fully saturated rings. The summed E-state index contributed by atoms with van der Waals surface area (Å²) in [4.78, 5) is 24.1. The highest BCUT2D eigenvalue weighted by molar-refractivity contribution is 6.45. The van der Waals surface area contributed by atoms with Gasteiger partial charge in [0.05, 0.1) is 23.6 Å². The number of rotatable bonds is 6. The number of ether oxygens (including phenoxy) is 1. The molecule has 0 aliphatic carbocycles. The molecule has 3 aromatic rings. The van der Waals surface area contributed by atoms with Gasteiger partial charge in [-0.15, -0.1) is 0 Å². The highest BCUT2D eigenvalue weighted by Crippen LogP contribution is 2.33. The summed E-state index contributed by atoms with van der Waals surface area (Å²) in [6, 6.07) is 17.4. The second-order valence-electron chi connectivity index (χ2n) is 5.65. The number of nitrogens with zero attached hydrogens (tertiary/aromatic N) is 1. The van der Waals surface area contributed by atoms with Gasteiger partial charge >= 0.3 is 0 Å². The third kappa shape index (κ3) is 2.83. The van der Waals surface area contributed by atoms with E-state index in [-0.39, 0.29) is 0 Å². The zero-order chi connectivity index (χ0) is 18.0. The lowest BCUT2D eigenvalue weighted by Crippen LogP contribution is -2.24. The fourth-order valence-corrected chi connectivity index (χ4v) is 3.14. The van der Waals surface area contributed by atoms with Crippen LogP contribution in [0.15, 0.2) is 36.4 Å². The van der Waals surface area contributed by atoms with Crippen molar-refractivity contribution >= 4 is 22.6 Å². The van der Waals surface area contributed by atoms with Gasteiger partial charge in [0.25, 0.3) is 11.7 Å². The Labute approximate surface area is 146 Å². The number of fused-ring (bicyclic) bond motifs is 1. The quantitative estimate of drug-likeness (QED) is 0.556. The maximum Gasteiger partial charge on any atom is 0.289 e. The molecule has 0 spiro atoms. The number of carbonyl (C=O) groups excluding carboxylic acids is 2. The average molecular weight is 334 g/mol. The molecule has 0 bridgehead atoms. The molecular formula is C20H18N2O3. The van der Waals surface area contributed by atoms with Crippen LogP contribution >= 0.6 is 0 Å². The summed E-state index contributed by atoms with van der Waals surface area (Å²) in [5.74, 6) is -1.32. The number of hydrogen-bond donors (Lipinski definition) is 1. The summed E-state index contributed by atoms with van der Waals surface area (Å²) in [6.45, 7) is 2.50. The van der Waals surface area contributed by atoms with E-state index in [1.165, 1.54) is 7.11 Å². The Hall–Kier alpha value is -3.26. The van der Waals surface area contributed by atoms with E-state index in [0.717, 1.165) is 16.8 Å². The van der Waals surface area contributed by atoms with Gasteiger partial charge < -0.3 is 15.0 Å². The average Bonchev–Trinajstić information content (AvgIpc) is 2.95. The number of aromatic nitrogens is 1. The number of amides is 1. The molecule has 0 aliphatic heterocycles. The number of benzene rings is 1. The molecule has 25 heavy (non-hydrogen) atoms. The molecule has 0 radical (unpaired) electrons. The van der Waals surface area contributed by atoms with Crippen LogP contribution in [0.1, 0.15) is 28.5 Å². The lowest BCUT2D eigenvalue weighted by molar-refractivity contribution is -0.114. The first kappa shape index (κ1) is 16.6. The first-order valence-electron chi connectivity index (χ1n) is 7.97. The maximum absolute atomic E-state index is 12.5. The van der Waals surface area contributed by atoms with Gasteiger partial charge in [-0.25, -0.2) is 0 Å². The van der Waals surface area contributed by atoms with Crippen LogP contribution in [0.25, 0.3) is 10.9 Å². The smallest absolute Gasteiger partial charge is 0.289 e. The molecule has 2 N–H and O–H groups in total. The zero-order valence-electron chi connectivity index (χ0n) is 14.1. The predicted molar refractivity (Wildman–Crippen MR) is 94.6 cm³/mol. The SMILES string of the molecule is CCc1c(C(=O)C(N)=O)c2c(OC)c#ccc2n1Cc1ccccc1. The minimum Gasteiger partial charge on any atom is -0.488 e. The van der Waals surface area contributed by atoms with Crippen LogP contribution in [0.2, 0.25) is 0 Å². The zero-order valence-corrected chi connectivity index (χ0v) is 14.1. The van der Waals surface area contributed by atoms with Gasteiger partial charge in [0.15, 0.2) is 5.75 Å². The van der Waals surface area contributed by atoms with Crippen molar-refractivity contribution in [3.63, 3.8) is 0 Å². The molecule has 3 rings (SSSR count). The lowest BCUT2D eigenvalue weighted by atomic mass is 10.0. The van der Waals surface area contributed by atoms with E-state index in [9.17, 15) is 9.59 Å². The Morgan fingerprint density at radius 3 is 2.56 bits per heavy atom. The lowest BCUT2D eigenvalue weighted by Gasteiger charge is -2.10. The van der Waals surface area contributed by atoms with Crippen molar-refractivity contribution in [2.45, 2.75) is 19.9 Å². The minimum absolute atomic E-state index is 0.294. The summed E-state index contributed by atoms with van der Waals surface area (Å²) in [5.41, 5.74) is 8.17. The first-order valence-corrected chi connectivity index (χ1v) is 7.97. The molecule has 1 heterocycles. The van der Waals surface area contributed by atoms with Crippen molar-refractivity contribution in [2.24, 2.45) is 5.73 Å². The summed E-state index contributed by atoms with van der Waals surface area (Å²) in [6.07, 6.45) is 0.568. The van der Waals surface area contributed by atoms with Gasteiger partial charge in [0, 0.05) is 18.3 Å². The maximum atomic E-state index is 12.5. The molecule has 5 heteroatoms. The number of hydrogen-bond acceptors (Lipinski definition) is 3. The minimum atomic E-state index is -0.983. The highest BCUT2D eigenvalue weighted by Gasteiger charge is 2.27. The van der Waals surface area contributed by atoms with E-state index in [1.54, 1.807) is 6.07 Å². The van der Waals surface area contributed by atoms with Gasteiger partial charge in [-0.3, -0.25) is 9.59 Å². The van der Waals surface area contributed by atoms with Gasteiger partial charge in [0.2, 0.25) is 0 Å². The van der Waals surface area contributed by atoms with Gasteiger partial charge in [-0.2, -0.15) is 0 Å². The Balaban J connectivity index is 2.33. The Bertz CT molecular complexity index is 942. The van der Waals surface area contributed by atoms with Crippen LogP contribution in [0.5, 0.6) is 5.75 Å². The molecule has 0 atom stereocenters. The van der Waals surface area contributed by atoms with Crippen molar-refractivity contribution in [3.8, 4) is 5.75 Å². The molecule has 2 aromatic carbocycles. The molecule has 1 amide bonds. The highest BCUT2D eigenvalue weighted by atomic mass is 16.5. The largest absolute Gasteiger partial charge is 0.488 e. The molecule has 0 aliphatic rings. The molecule has 0 unspecified atom stereocenters. The Morgan fingerprint density at radius 1 is 1.24 bits per heavy atom. The van der Waals surface area contributed by atoms with E-state index in [0.29, 0.717) is 29.7 Å². The topological polar surface area (TPSA) is 74.3 Å². The fourth-order valence-electron chi connectivity index (χ4n) is 3.14. The molecular weight excluding hydrogens is 316 g/mol. The van der Waals surface area contributed by atoms with E-state index in [2.05, 4.69) is 12.1 Å². The third-order valence-corrected chi connectivity index (χ3v) is 4.21. The van der Waals surface area contributed by atoms with Crippen LogP contribution in [-0.4, -0.2) is 23.4 Å². The molecule has 1 aromatic heterocycles. The summed E-state index contributed by atoms with van der Waals surface area (Å²) < 4.78 is 7.36. The van der Waals surface area contributed by atoms with E-state index in [4.69, 9.17) is 10.5 Å². The number of nitrogens with two attached hydrogens (primary N) is 1. The van der Waals surface area contributed by atoms with Crippen LogP contribution in [0.3, 0.4) is 0 Å². The van der Waals surface area contributed by atoms with Crippen molar-refractivity contribution < 1.29 is 14.3 Å². The number of ketones is 1. The number of methoxy groups -OCH3 is 1. The number of Topliss-reactive ketones (excluding diaryl/α,β-unsaturated/α-hetero) is 1. The monoisotopic (exact) mass is 334 g/mol. The van der Waals surface area contributed by atoms with Crippen molar-refractivity contribution in [1.29, 1.82) is 0 Å². The normalized spacial score (nSPS) is 10.5. The van der Waals surface area contributed by atoms with Gasteiger partial charge in [0.1, 0.15) is 0 Å². The fraction of sp³-hybridized carbons (Fsp3) is 0.200. The Kier molecular flexibility index (Phi) is 4.44. The van der Waals surface area contributed by atoms with E-state index < -0.39 is 11.7 Å². The van der Waals surface area contributed by atoms with Gasteiger partial charge in [-0.1, -0.05) is 43.3 Å². The summed E-state index contributed by atoms with van der Waals surface area (Å²) in [5, 5.41) is 0.554. The molecule has 126 valence electrons. The summed E-state index contributed by atoms with van der Waals surface area (Å²) >= 11 is 0. The first-order chi connectivity index (χ1) is 12.1. The molecule has 0 saturated heterocycles. The number of carbonyl (C=O) groups is 2. The van der Waals surface area contributed by atoms with E-state index >= 15 is 0 Å². The third-order valence-electron chi connectivity index (χ3n) is 4.21. The van der Waals surface area contributed by atoms with Crippen molar-refractivity contribution in [3.05, 3.63) is 65.4 Å². The standard InChI is InChI=1S/C20H18N2O3/c1-3-14-18(19(23)20(21)24)17-15(10-7-11-16(17)25-2)22(14)12-13-8-5-4-6-9-13/h4-6,8-10H,3,12H2,1-2H3,(H2,21,24). The van der Waals surface area contributed by atoms with Crippen LogP contribution < -0.4 is 10.5 Å². The predicted octanol–water partition coefficient (Wildman–Crippen LogP) is 2.53. The van der Waals surface area contributed by atoms with E-state index in [1.807, 2.05) is 41.8 Å². The molecule has 5 nitrogen and oxygen atoms in total. The van der Waals surface area contributed by atoms with Crippen LogP contribution in [0, 0.1) is 12.1 Å². The van der Waals surface area contributed by atoms with Crippen LogP contribution in [-0.2, 0) is 17.8 Å². The second-order valence-corrected chi connectivity index (χ2v) is 5.65. The number of primary amides is 1. The van der Waals surface area contributed by atoms with Gasteiger partial charge in [-0.05, 0) is 18.1 Å². The van der Waals surface area contributed by atoms with Crippen molar-refractivity contribution in [1.82, 2.24) is 4.57 Å². The van der Waals surface area contributed by atoms with Crippen LogP contribution in [0.4, 0.5) is 0 Å².